The van der Waals surface area contributed by atoms with E-state index in [4.69, 9.17) is 9.15 Å². The van der Waals surface area contributed by atoms with Crippen LogP contribution < -0.4 is 9.80 Å². The number of rotatable bonds is 9. The third kappa shape index (κ3) is 5.59. The van der Waals surface area contributed by atoms with E-state index in [2.05, 4.69) is 15.1 Å². The fourth-order valence-electron chi connectivity index (χ4n) is 4.92. The monoisotopic (exact) mass is 551 g/mol. The van der Waals surface area contributed by atoms with Gasteiger partial charge in [0.25, 0.3) is 5.89 Å². The van der Waals surface area contributed by atoms with Crippen molar-refractivity contribution in [1.29, 1.82) is 0 Å². The van der Waals surface area contributed by atoms with Crippen molar-refractivity contribution in [3.05, 3.63) is 59.2 Å². The summed E-state index contributed by atoms with van der Waals surface area (Å²) in [6, 6.07) is 6.12. The summed E-state index contributed by atoms with van der Waals surface area (Å²) in [4.78, 5) is 17.4. The van der Waals surface area contributed by atoms with Gasteiger partial charge in [-0.05, 0) is 25.0 Å². The van der Waals surface area contributed by atoms with Gasteiger partial charge in [0.15, 0.2) is 11.6 Å². The first kappa shape index (κ1) is 27.0. The van der Waals surface area contributed by atoms with Crippen molar-refractivity contribution in [2.75, 3.05) is 43.2 Å². The first-order chi connectivity index (χ1) is 18.7. The molecule has 3 aromatic rings. The summed E-state index contributed by atoms with van der Waals surface area (Å²) in [5.41, 5.74) is 0.507. The number of alkyl halides is 2. The predicted octanol–water partition coefficient (Wildman–Crippen LogP) is 4.55. The molecule has 0 N–H and O–H groups in total. The molecule has 2 aliphatic rings. The Labute approximate surface area is 220 Å². The third-order valence-corrected chi connectivity index (χ3v) is 7.29. The molecule has 8 nitrogen and oxygen atoms in total. The number of aromatic nitrogens is 2. The number of hydrogen-bond acceptors (Lipinski definition) is 7. The summed E-state index contributed by atoms with van der Waals surface area (Å²) >= 11 is 0. The lowest BCUT2D eigenvalue weighted by atomic mass is 10.00. The molecule has 0 aliphatic carbocycles. The number of ether oxygens (including phenoxy) is 1. The number of piperidine rings is 1. The molecule has 0 spiro atoms. The molecule has 0 saturated carbocycles. The second-order valence-electron chi connectivity index (χ2n) is 9.61. The smallest absolute Gasteiger partial charge is 0.314 e. The molecule has 1 aromatic heterocycles. The fourth-order valence-corrected chi connectivity index (χ4v) is 4.92. The number of halogens is 5. The second kappa shape index (κ2) is 11.3. The van der Waals surface area contributed by atoms with E-state index < -0.39 is 29.8 Å². The van der Waals surface area contributed by atoms with Gasteiger partial charge in [-0.25, -0.2) is 13.2 Å². The van der Waals surface area contributed by atoms with Gasteiger partial charge in [-0.15, -0.1) is 10.2 Å². The van der Waals surface area contributed by atoms with Crippen molar-refractivity contribution < 1.29 is 35.9 Å². The Balaban J connectivity index is 1.36. The molecule has 13 heteroatoms. The van der Waals surface area contributed by atoms with Crippen LogP contribution in [0.25, 0.3) is 11.5 Å². The standard InChI is InChI=1S/C26H26F5N5O3/c1-34(17-4-6-35(7-5-17)18-12-38-13-18)22-9-20(28)21(29)10-23(22)36(14-37)11-16-3-2-15(8-19(16)27)25-32-33-26(39-25)24(30)31/h2-3,8-10,14,17-18,24H,4-7,11-13H2,1H3. The maximum Gasteiger partial charge on any atom is 0.314 e. The Kier molecular flexibility index (Phi) is 7.80. The van der Waals surface area contributed by atoms with Crippen LogP contribution in [0.5, 0.6) is 0 Å². The van der Waals surface area contributed by atoms with Crippen LogP contribution in [0, 0.1) is 17.5 Å². The predicted molar refractivity (Wildman–Crippen MR) is 131 cm³/mol. The van der Waals surface area contributed by atoms with Crippen molar-refractivity contribution >= 4 is 17.8 Å². The molecule has 2 fully saturated rings. The summed E-state index contributed by atoms with van der Waals surface area (Å²) in [6.45, 7) is 2.79. The Morgan fingerprint density at radius 1 is 1.03 bits per heavy atom. The Morgan fingerprint density at radius 3 is 2.28 bits per heavy atom. The minimum absolute atomic E-state index is 0.0166. The van der Waals surface area contributed by atoms with Crippen LogP contribution in [0.4, 0.5) is 33.3 Å². The van der Waals surface area contributed by atoms with Gasteiger partial charge in [0.1, 0.15) is 5.82 Å². The maximum atomic E-state index is 15.0. The number of nitrogens with zero attached hydrogens (tertiary/aromatic N) is 5. The quantitative estimate of drug-likeness (QED) is 0.285. The van der Waals surface area contributed by atoms with Gasteiger partial charge < -0.3 is 19.0 Å². The second-order valence-corrected chi connectivity index (χ2v) is 9.61. The van der Waals surface area contributed by atoms with Crippen molar-refractivity contribution in [3.8, 4) is 11.5 Å². The number of likely N-dealkylation sites (tertiary alicyclic amines) is 1. The van der Waals surface area contributed by atoms with Crippen LogP contribution in [-0.2, 0) is 16.1 Å². The molecule has 5 rings (SSSR count). The number of carbonyl (C=O) groups excluding carboxylic acids is 1. The van der Waals surface area contributed by atoms with Gasteiger partial charge in [0, 0.05) is 49.4 Å². The SMILES string of the molecule is CN(c1cc(F)c(F)cc1N(C=O)Cc1ccc(-c2nnc(C(F)F)o2)cc1F)C1CCN(C2COC2)CC1. The van der Waals surface area contributed by atoms with Gasteiger partial charge in [-0.1, -0.05) is 6.07 Å². The molecule has 0 radical (unpaired) electrons. The lowest BCUT2D eigenvalue weighted by Crippen LogP contribution is -2.54. The third-order valence-electron chi connectivity index (χ3n) is 7.29. The summed E-state index contributed by atoms with van der Waals surface area (Å²) in [5, 5.41) is 6.72. The molecule has 0 bridgehead atoms. The largest absolute Gasteiger partial charge is 0.415 e. The minimum Gasteiger partial charge on any atom is -0.415 e. The van der Waals surface area contributed by atoms with Crippen molar-refractivity contribution in [2.45, 2.75) is 37.9 Å². The molecular weight excluding hydrogens is 525 g/mol. The lowest BCUT2D eigenvalue weighted by Gasteiger charge is -2.44. The first-order valence-electron chi connectivity index (χ1n) is 12.4. The van der Waals surface area contributed by atoms with Crippen LogP contribution in [0.3, 0.4) is 0 Å². The normalized spacial score (nSPS) is 16.9. The Morgan fingerprint density at radius 2 is 1.72 bits per heavy atom. The highest BCUT2D eigenvalue weighted by Crippen LogP contribution is 2.35. The van der Waals surface area contributed by atoms with Crippen LogP contribution in [0.1, 0.15) is 30.7 Å². The topological polar surface area (TPSA) is 74.9 Å². The average Bonchev–Trinajstić information content (AvgIpc) is 3.39. The Hall–Kier alpha value is -3.58. The van der Waals surface area contributed by atoms with Gasteiger partial charge in [0.2, 0.25) is 12.3 Å². The highest BCUT2D eigenvalue weighted by molar-refractivity contribution is 5.84. The zero-order chi connectivity index (χ0) is 27.7. The van der Waals surface area contributed by atoms with Gasteiger partial charge in [0.05, 0.1) is 37.2 Å². The Bertz CT molecular complexity index is 1330. The van der Waals surface area contributed by atoms with E-state index in [0.29, 0.717) is 31.4 Å². The highest BCUT2D eigenvalue weighted by atomic mass is 19.3. The lowest BCUT2D eigenvalue weighted by molar-refractivity contribution is -0.107. The van der Waals surface area contributed by atoms with Crippen molar-refractivity contribution in [3.63, 3.8) is 0 Å². The van der Waals surface area contributed by atoms with Crippen LogP contribution in [0.2, 0.25) is 0 Å². The van der Waals surface area contributed by atoms with Crippen LogP contribution in [0.15, 0.2) is 34.7 Å². The molecule has 39 heavy (non-hydrogen) atoms. The first-order valence-corrected chi connectivity index (χ1v) is 12.4. The maximum absolute atomic E-state index is 15.0. The summed E-state index contributed by atoms with van der Waals surface area (Å²) < 4.78 is 79.3. The molecule has 2 aromatic carbocycles. The molecule has 2 saturated heterocycles. The number of hydrogen-bond donors (Lipinski definition) is 0. The highest BCUT2D eigenvalue weighted by Gasteiger charge is 2.32. The van der Waals surface area contributed by atoms with Gasteiger partial charge in [-0.3, -0.25) is 9.69 Å². The fraction of sp³-hybridized carbons (Fsp3) is 0.423. The molecular formula is C26H26F5N5O3. The number of anilines is 2. The van der Waals surface area contributed by atoms with Gasteiger partial charge >= 0.3 is 6.43 Å². The van der Waals surface area contributed by atoms with Crippen molar-refractivity contribution in [1.82, 2.24) is 15.1 Å². The number of amides is 1. The van der Waals surface area contributed by atoms with E-state index in [0.717, 1.165) is 49.0 Å². The van der Waals surface area contributed by atoms with Crippen LogP contribution in [-0.4, -0.2) is 66.9 Å². The molecule has 3 heterocycles. The van der Waals surface area contributed by atoms with Crippen LogP contribution >= 0.6 is 0 Å². The number of carbonyl (C=O) groups is 1. The molecule has 1 amide bonds. The molecule has 0 atom stereocenters. The average molecular weight is 552 g/mol. The van der Waals surface area contributed by atoms with E-state index >= 15 is 4.39 Å². The van der Waals surface area contributed by atoms with E-state index in [1.165, 1.54) is 12.1 Å². The molecule has 208 valence electrons. The number of benzene rings is 2. The molecule has 0 unspecified atom stereocenters. The van der Waals surface area contributed by atoms with Crippen molar-refractivity contribution in [2.24, 2.45) is 0 Å². The van der Waals surface area contributed by atoms with E-state index in [-0.39, 0.29) is 35.3 Å². The minimum atomic E-state index is -2.97. The van der Waals surface area contributed by atoms with E-state index in [9.17, 15) is 22.4 Å². The summed E-state index contributed by atoms with van der Waals surface area (Å²) in [7, 11) is 1.76. The van der Waals surface area contributed by atoms with E-state index in [1.54, 1.807) is 7.05 Å². The van der Waals surface area contributed by atoms with E-state index in [1.807, 2.05) is 4.90 Å². The zero-order valence-electron chi connectivity index (χ0n) is 21.0. The summed E-state index contributed by atoms with van der Waals surface area (Å²) in [5.74, 6) is -4.16. The van der Waals surface area contributed by atoms with Gasteiger partial charge in [-0.2, -0.15) is 8.78 Å². The zero-order valence-corrected chi connectivity index (χ0v) is 21.0. The summed E-state index contributed by atoms with van der Waals surface area (Å²) in [6.07, 6.45) is -0.981. The molecule has 2 aliphatic heterocycles.